The van der Waals surface area contributed by atoms with E-state index < -0.39 is 49.5 Å². The summed E-state index contributed by atoms with van der Waals surface area (Å²) < 4.78 is 11.4. The number of aliphatic hydroxyl groups is 5. The molecule has 0 aliphatic carbocycles. The summed E-state index contributed by atoms with van der Waals surface area (Å²) in [6.07, 6.45) is 74.6. The molecule has 488 valence electrons. The monoisotopic (exact) mass is 1160 g/mol. The molecule has 9 heteroatoms. The lowest BCUT2D eigenvalue weighted by Crippen LogP contribution is -2.60. The van der Waals surface area contributed by atoms with Gasteiger partial charge >= 0.3 is 0 Å². The van der Waals surface area contributed by atoms with Crippen LogP contribution in [0.5, 0.6) is 0 Å². The molecule has 0 saturated carbocycles. The quantitative estimate of drug-likeness (QED) is 0.0261. The van der Waals surface area contributed by atoms with Crippen LogP contribution in [0.2, 0.25) is 0 Å². The predicted octanol–water partition coefficient (Wildman–Crippen LogP) is 20.3. The summed E-state index contributed by atoms with van der Waals surface area (Å²) in [6.45, 7) is 3.89. The number of amides is 1. The molecule has 0 aromatic carbocycles. The summed E-state index contributed by atoms with van der Waals surface area (Å²) in [5, 5.41) is 54.9. The van der Waals surface area contributed by atoms with Gasteiger partial charge in [-0.05, 0) is 38.5 Å². The summed E-state index contributed by atoms with van der Waals surface area (Å²) >= 11 is 0. The number of carbonyl (C=O) groups excluding carboxylic acids is 1. The molecule has 6 N–H and O–H groups in total. The van der Waals surface area contributed by atoms with Crippen LogP contribution >= 0.6 is 0 Å². The molecule has 1 saturated heterocycles. The van der Waals surface area contributed by atoms with E-state index in [1.807, 2.05) is 0 Å². The second-order valence-corrected chi connectivity index (χ2v) is 26.1. The van der Waals surface area contributed by atoms with Gasteiger partial charge in [0.05, 0.1) is 25.4 Å². The SMILES string of the molecule is CCCCCCCCCC/C=C\CCCCCCCCCCCCCCCCCCCCCCCCCCCCCCCC(=O)NC(COC1OC(CO)C(O)C(O)C1O)C(O)CCCCCCCCCCCCCCCCCCCC. The normalized spacial score (nSPS) is 18.3. The number of hydrogen-bond donors (Lipinski definition) is 6. The molecule has 1 amide bonds. The Bertz CT molecular complexity index is 1300. The number of carbonyl (C=O) groups is 1. The molecular weight excluding hydrogens is 1020 g/mol. The molecule has 1 rings (SSSR count). The lowest BCUT2D eigenvalue weighted by Gasteiger charge is -2.40. The zero-order chi connectivity index (χ0) is 59.3. The Labute approximate surface area is 509 Å². The predicted molar refractivity (Wildman–Crippen MR) is 351 cm³/mol. The minimum absolute atomic E-state index is 0.131. The number of ether oxygens (including phenoxy) is 2. The van der Waals surface area contributed by atoms with E-state index in [-0.39, 0.29) is 12.5 Å². The van der Waals surface area contributed by atoms with Crippen LogP contribution in [0.25, 0.3) is 0 Å². The van der Waals surface area contributed by atoms with Crippen molar-refractivity contribution in [2.75, 3.05) is 13.2 Å². The Morgan fingerprint density at radius 3 is 0.988 bits per heavy atom. The van der Waals surface area contributed by atoms with Crippen molar-refractivity contribution in [1.29, 1.82) is 0 Å². The average Bonchev–Trinajstić information content (AvgIpc) is 3.57. The standard InChI is InChI=1S/C73H143NO8/c1-3-5-7-9-11-13-15-17-19-21-23-24-25-26-27-28-29-30-31-32-33-34-35-36-37-38-39-40-41-42-43-44-45-47-49-51-53-55-57-59-61-63-69(77)74-66(65-81-73-72(80)71(79)70(78)68(64-75)82-73)67(76)62-60-58-56-54-52-50-48-46-22-20-18-16-14-12-10-8-6-4-2/h21,23,66-68,70-73,75-76,78-80H,3-20,22,24-65H2,1-2H3,(H,74,77)/b23-21-. The molecule has 1 heterocycles. The van der Waals surface area contributed by atoms with Gasteiger partial charge in [0, 0.05) is 6.42 Å². The first-order valence-corrected chi connectivity index (χ1v) is 36.9. The van der Waals surface area contributed by atoms with E-state index in [1.54, 1.807) is 0 Å². The summed E-state index contributed by atoms with van der Waals surface area (Å²) in [6, 6.07) is -0.715. The molecule has 82 heavy (non-hydrogen) atoms. The van der Waals surface area contributed by atoms with Gasteiger partial charge in [0.1, 0.15) is 24.4 Å². The molecule has 0 spiro atoms. The fourth-order valence-electron chi connectivity index (χ4n) is 12.3. The second-order valence-electron chi connectivity index (χ2n) is 26.1. The zero-order valence-electron chi connectivity index (χ0n) is 54.8. The number of unbranched alkanes of at least 4 members (excludes halogenated alkanes) is 54. The number of allylic oxidation sites excluding steroid dienone is 2. The van der Waals surface area contributed by atoms with Crippen LogP contribution in [0, 0.1) is 0 Å². The summed E-state index contributed by atoms with van der Waals surface area (Å²) in [5.41, 5.74) is 0. The topological polar surface area (TPSA) is 149 Å². The lowest BCUT2D eigenvalue weighted by molar-refractivity contribution is -0.302. The molecular formula is C73H143NO8. The Morgan fingerprint density at radius 2 is 0.683 bits per heavy atom. The number of rotatable bonds is 66. The highest BCUT2D eigenvalue weighted by molar-refractivity contribution is 5.76. The Morgan fingerprint density at radius 1 is 0.402 bits per heavy atom. The highest BCUT2D eigenvalue weighted by atomic mass is 16.7. The first-order valence-electron chi connectivity index (χ1n) is 36.9. The maximum absolute atomic E-state index is 13.1. The minimum Gasteiger partial charge on any atom is -0.394 e. The van der Waals surface area contributed by atoms with Crippen molar-refractivity contribution < 1.29 is 39.8 Å². The maximum atomic E-state index is 13.1. The number of nitrogens with one attached hydrogen (secondary N) is 1. The molecule has 0 aromatic heterocycles. The second kappa shape index (κ2) is 63.0. The van der Waals surface area contributed by atoms with E-state index in [1.165, 1.54) is 327 Å². The van der Waals surface area contributed by atoms with Gasteiger partial charge < -0.3 is 40.3 Å². The highest BCUT2D eigenvalue weighted by Gasteiger charge is 2.44. The molecule has 0 radical (unpaired) electrons. The summed E-state index contributed by atoms with van der Waals surface area (Å²) in [7, 11) is 0. The molecule has 9 nitrogen and oxygen atoms in total. The Kier molecular flexibility index (Phi) is 60.6. The minimum atomic E-state index is -1.55. The van der Waals surface area contributed by atoms with Crippen LogP contribution in [0.15, 0.2) is 12.2 Å². The fraction of sp³-hybridized carbons (Fsp3) is 0.959. The van der Waals surface area contributed by atoms with E-state index in [4.69, 9.17) is 9.47 Å². The highest BCUT2D eigenvalue weighted by Crippen LogP contribution is 2.24. The van der Waals surface area contributed by atoms with Crippen LogP contribution in [-0.2, 0) is 14.3 Å². The van der Waals surface area contributed by atoms with Gasteiger partial charge in [-0.25, -0.2) is 0 Å². The van der Waals surface area contributed by atoms with Crippen LogP contribution in [0.3, 0.4) is 0 Å². The van der Waals surface area contributed by atoms with Gasteiger partial charge in [-0.3, -0.25) is 4.79 Å². The van der Waals surface area contributed by atoms with Crippen LogP contribution in [0.1, 0.15) is 393 Å². The molecule has 0 bridgehead atoms. The Hall–Kier alpha value is -1.07. The van der Waals surface area contributed by atoms with E-state index in [9.17, 15) is 30.3 Å². The van der Waals surface area contributed by atoms with Gasteiger partial charge in [-0.1, -0.05) is 360 Å². The molecule has 1 aliphatic heterocycles. The van der Waals surface area contributed by atoms with E-state index in [0.29, 0.717) is 12.8 Å². The maximum Gasteiger partial charge on any atom is 0.220 e. The van der Waals surface area contributed by atoms with Crippen molar-refractivity contribution in [1.82, 2.24) is 5.32 Å². The number of hydrogen-bond acceptors (Lipinski definition) is 8. The molecule has 1 fully saturated rings. The third-order valence-corrected chi connectivity index (χ3v) is 18.1. The number of aliphatic hydroxyl groups excluding tert-OH is 5. The third kappa shape index (κ3) is 51.0. The summed E-state index contributed by atoms with van der Waals surface area (Å²) in [5.74, 6) is -0.134. The molecule has 0 aromatic rings. The van der Waals surface area contributed by atoms with Crippen molar-refractivity contribution >= 4 is 5.91 Å². The molecule has 1 aliphatic rings. The van der Waals surface area contributed by atoms with E-state index >= 15 is 0 Å². The average molecular weight is 1160 g/mol. The molecule has 7 unspecified atom stereocenters. The van der Waals surface area contributed by atoms with Gasteiger partial charge in [-0.2, -0.15) is 0 Å². The van der Waals surface area contributed by atoms with Crippen molar-refractivity contribution in [2.24, 2.45) is 0 Å². The van der Waals surface area contributed by atoms with Crippen molar-refractivity contribution in [3.63, 3.8) is 0 Å². The first-order chi connectivity index (χ1) is 40.3. The smallest absolute Gasteiger partial charge is 0.220 e. The van der Waals surface area contributed by atoms with Crippen LogP contribution in [-0.4, -0.2) is 87.5 Å². The van der Waals surface area contributed by atoms with Crippen molar-refractivity contribution in [2.45, 2.75) is 436 Å². The lowest BCUT2D eigenvalue weighted by atomic mass is 9.99. The Balaban J connectivity index is 2.00. The van der Waals surface area contributed by atoms with E-state index in [2.05, 4.69) is 31.3 Å². The van der Waals surface area contributed by atoms with Gasteiger partial charge in [0.15, 0.2) is 6.29 Å². The van der Waals surface area contributed by atoms with Crippen LogP contribution < -0.4 is 5.32 Å². The van der Waals surface area contributed by atoms with Crippen LogP contribution in [0.4, 0.5) is 0 Å². The molecule has 7 atom stereocenters. The zero-order valence-corrected chi connectivity index (χ0v) is 54.8. The van der Waals surface area contributed by atoms with Gasteiger partial charge in [0.2, 0.25) is 5.91 Å². The van der Waals surface area contributed by atoms with E-state index in [0.717, 1.165) is 38.5 Å². The van der Waals surface area contributed by atoms with Gasteiger partial charge in [0.25, 0.3) is 0 Å². The van der Waals surface area contributed by atoms with Gasteiger partial charge in [-0.15, -0.1) is 0 Å². The van der Waals surface area contributed by atoms with Crippen molar-refractivity contribution in [3.8, 4) is 0 Å². The first kappa shape index (κ1) is 78.9. The largest absolute Gasteiger partial charge is 0.394 e. The fourth-order valence-corrected chi connectivity index (χ4v) is 12.3. The summed E-state index contributed by atoms with van der Waals surface area (Å²) in [4.78, 5) is 13.1. The van der Waals surface area contributed by atoms with Crippen molar-refractivity contribution in [3.05, 3.63) is 12.2 Å². The third-order valence-electron chi connectivity index (χ3n) is 18.1.